The van der Waals surface area contributed by atoms with Gasteiger partial charge in [0, 0.05) is 18.7 Å². The van der Waals surface area contributed by atoms with Gasteiger partial charge < -0.3 is 14.8 Å². The molecule has 3 heteroatoms. The van der Waals surface area contributed by atoms with Gasteiger partial charge in [-0.1, -0.05) is 12.1 Å². The van der Waals surface area contributed by atoms with E-state index in [2.05, 4.69) is 31.3 Å². The van der Waals surface area contributed by atoms with Crippen molar-refractivity contribution in [1.29, 1.82) is 0 Å². The standard InChI is InChI=1S/C15H23NO2/c1-11-10-14(8-9-18-11)16-12(2)13-4-6-15(17-3)7-5-13/h4-7,11-12,14,16H,8-10H2,1-3H3/t11?,12-,14?/m1/s1. The van der Waals surface area contributed by atoms with Crippen LogP contribution in [0.25, 0.3) is 0 Å². The minimum Gasteiger partial charge on any atom is -0.497 e. The summed E-state index contributed by atoms with van der Waals surface area (Å²) in [5, 5.41) is 3.68. The molecule has 0 spiro atoms. The van der Waals surface area contributed by atoms with Gasteiger partial charge in [-0.2, -0.15) is 0 Å². The number of benzene rings is 1. The van der Waals surface area contributed by atoms with Gasteiger partial charge in [-0.3, -0.25) is 0 Å². The van der Waals surface area contributed by atoms with E-state index in [0.29, 0.717) is 18.2 Å². The first kappa shape index (κ1) is 13.4. The summed E-state index contributed by atoms with van der Waals surface area (Å²) in [4.78, 5) is 0. The second-order valence-electron chi connectivity index (χ2n) is 5.06. The molecule has 3 atom stereocenters. The first-order valence-electron chi connectivity index (χ1n) is 6.70. The smallest absolute Gasteiger partial charge is 0.118 e. The van der Waals surface area contributed by atoms with E-state index in [1.807, 2.05) is 12.1 Å². The van der Waals surface area contributed by atoms with E-state index in [9.17, 15) is 0 Å². The molecular formula is C15H23NO2. The highest BCUT2D eigenvalue weighted by Gasteiger charge is 2.20. The number of nitrogens with one attached hydrogen (secondary N) is 1. The van der Waals surface area contributed by atoms with Crippen LogP contribution in [0.4, 0.5) is 0 Å². The van der Waals surface area contributed by atoms with Crippen LogP contribution in [-0.2, 0) is 4.74 Å². The van der Waals surface area contributed by atoms with E-state index in [-0.39, 0.29) is 0 Å². The molecular weight excluding hydrogens is 226 g/mol. The van der Waals surface area contributed by atoms with Gasteiger partial charge in [0.15, 0.2) is 0 Å². The third kappa shape index (κ3) is 3.47. The molecule has 1 heterocycles. The van der Waals surface area contributed by atoms with Crippen LogP contribution >= 0.6 is 0 Å². The monoisotopic (exact) mass is 249 g/mol. The zero-order valence-electron chi connectivity index (χ0n) is 11.5. The maximum Gasteiger partial charge on any atom is 0.118 e. The van der Waals surface area contributed by atoms with Crippen LogP contribution in [0.3, 0.4) is 0 Å². The summed E-state index contributed by atoms with van der Waals surface area (Å²) in [6, 6.07) is 9.20. The van der Waals surface area contributed by atoms with Crippen molar-refractivity contribution < 1.29 is 9.47 Å². The number of hydrogen-bond acceptors (Lipinski definition) is 3. The Hall–Kier alpha value is -1.06. The highest BCUT2D eigenvalue weighted by atomic mass is 16.5. The van der Waals surface area contributed by atoms with Crippen LogP contribution in [0.1, 0.15) is 38.3 Å². The molecule has 0 radical (unpaired) electrons. The second-order valence-corrected chi connectivity index (χ2v) is 5.06. The summed E-state index contributed by atoms with van der Waals surface area (Å²) >= 11 is 0. The van der Waals surface area contributed by atoms with E-state index in [0.717, 1.165) is 25.2 Å². The Kier molecular flexibility index (Phi) is 4.61. The Labute approximate surface area is 109 Å². The molecule has 18 heavy (non-hydrogen) atoms. The van der Waals surface area contributed by atoms with E-state index in [4.69, 9.17) is 9.47 Å². The third-order valence-electron chi connectivity index (χ3n) is 3.59. The molecule has 1 aliphatic rings. The molecule has 0 bridgehead atoms. The second kappa shape index (κ2) is 6.21. The molecule has 1 fully saturated rings. The van der Waals surface area contributed by atoms with Crippen molar-refractivity contribution in [2.24, 2.45) is 0 Å². The van der Waals surface area contributed by atoms with Crippen molar-refractivity contribution in [3.63, 3.8) is 0 Å². The SMILES string of the molecule is COc1ccc([C@@H](C)NC2CCOC(C)C2)cc1. The van der Waals surface area contributed by atoms with Gasteiger partial charge in [-0.15, -0.1) is 0 Å². The molecule has 3 nitrogen and oxygen atoms in total. The predicted octanol–water partition coefficient (Wildman–Crippen LogP) is 2.91. The Morgan fingerprint density at radius 1 is 1.33 bits per heavy atom. The van der Waals surface area contributed by atoms with Gasteiger partial charge in [0.1, 0.15) is 5.75 Å². The molecule has 1 aromatic carbocycles. The van der Waals surface area contributed by atoms with Crippen LogP contribution in [0.2, 0.25) is 0 Å². The summed E-state index contributed by atoms with van der Waals surface area (Å²) in [6.45, 7) is 5.22. The molecule has 0 aromatic heterocycles. The van der Waals surface area contributed by atoms with Gasteiger partial charge >= 0.3 is 0 Å². The van der Waals surface area contributed by atoms with E-state index >= 15 is 0 Å². The summed E-state index contributed by atoms with van der Waals surface area (Å²) in [5.41, 5.74) is 1.30. The van der Waals surface area contributed by atoms with Crippen LogP contribution in [-0.4, -0.2) is 25.9 Å². The Morgan fingerprint density at radius 2 is 2.06 bits per heavy atom. The van der Waals surface area contributed by atoms with Crippen LogP contribution in [0, 0.1) is 0 Å². The largest absolute Gasteiger partial charge is 0.497 e. The van der Waals surface area contributed by atoms with E-state index in [1.165, 1.54) is 5.56 Å². The Morgan fingerprint density at radius 3 is 2.67 bits per heavy atom. The highest BCUT2D eigenvalue weighted by molar-refractivity contribution is 5.28. The van der Waals surface area contributed by atoms with Crippen molar-refractivity contribution in [3.8, 4) is 5.75 Å². The third-order valence-corrected chi connectivity index (χ3v) is 3.59. The summed E-state index contributed by atoms with van der Waals surface area (Å²) in [5.74, 6) is 0.908. The van der Waals surface area contributed by atoms with Gasteiger partial charge in [-0.25, -0.2) is 0 Å². The average Bonchev–Trinajstić information content (AvgIpc) is 2.39. The normalized spacial score (nSPS) is 25.7. The molecule has 0 saturated carbocycles. The fourth-order valence-electron chi connectivity index (χ4n) is 2.49. The van der Waals surface area contributed by atoms with Crippen molar-refractivity contribution >= 4 is 0 Å². The summed E-state index contributed by atoms with van der Waals surface area (Å²) in [6.07, 6.45) is 2.57. The summed E-state index contributed by atoms with van der Waals surface area (Å²) < 4.78 is 10.7. The molecule has 1 aliphatic heterocycles. The quantitative estimate of drug-likeness (QED) is 0.890. The molecule has 0 aliphatic carbocycles. The van der Waals surface area contributed by atoms with Crippen molar-refractivity contribution in [1.82, 2.24) is 5.32 Å². The van der Waals surface area contributed by atoms with E-state index in [1.54, 1.807) is 7.11 Å². The van der Waals surface area contributed by atoms with Gasteiger partial charge in [-0.05, 0) is 44.4 Å². The Balaban J connectivity index is 1.91. The first-order chi connectivity index (χ1) is 8.69. The topological polar surface area (TPSA) is 30.5 Å². The lowest BCUT2D eigenvalue weighted by atomic mass is 10.0. The molecule has 1 N–H and O–H groups in total. The van der Waals surface area contributed by atoms with Gasteiger partial charge in [0.25, 0.3) is 0 Å². The maximum atomic E-state index is 5.57. The number of ether oxygens (including phenoxy) is 2. The number of methoxy groups -OCH3 is 1. The fourth-order valence-corrected chi connectivity index (χ4v) is 2.49. The lowest BCUT2D eigenvalue weighted by Crippen LogP contribution is -2.39. The molecule has 1 saturated heterocycles. The lowest BCUT2D eigenvalue weighted by Gasteiger charge is -2.30. The fraction of sp³-hybridized carbons (Fsp3) is 0.600. The molecule has 2 unspecified atom stereocenters. The number of rotatable bonds is 4. The maximum absolute atomic E-state index is 5.57. The van der Waals surface area contributed by atoms with Crippen molar-refractivity contribution in [3.05, 3.63) is 29.8 Å². The minimum absolute atomic E-state index is 0.367. The number of hydrogen-bond donors (Lipinski definition) is 1. The highest BCUT2D eigenvalue weighted by Crippen LogP contribution is 2.20. The van der Waals surface area contributed by atoms with E-state index < -0.39 is 0 Å². The molecule has 2 rings (SSSR count). The van der Waals surface area contributed by atoms with Crippen LogP contribution in [0.5, 0.6) is 5.75 Å². The minimum atomic E-state index is 0.367. The molecule has 0 amide bonds. The predicted molar refractivity (Wildman–Crippen MR) is 73.0 cm³/mol. The first-order valence-corrected chi connectivity index (χ1v) is 6.70. The van der Waals surface area contributed by atoms with Crippen LogP contribution in [0.15, 0.2) is 24.3 Å². The van der Waals surface area contributed by atoms with Crippen molar-refractivity contribution in [2.45, 2.75) is 44.9 Å². The van der Waals surface area contributed by atoms with Gasteiger partial charge in [0.05, 0.1) is 13.2 Å². The average molecular weight is 249 g/mol. The Bertz CT molecular complexity index is 363. The lowest BCUT2D eigenvalue weighted by molar-refractivity contribution is 0.0116. The molecule has 1 aromatic rings. The van der Waals surface area contributed by atoms with Crippen LogP contribution < -0.4 is 10.1 Å². The zero-order valence-corrected chi connectivity index (χ0v) is 11.5. The molecule has 100 valence electrons. The zero-order chi connectivity index (χ0) is 13.0. The summed E-state index contributed by atoms with van der Waals surface area (Å²) in [7, 11) is 1.69. The van der Waals surface area contributed by atoms with Crippen molar-refractivity contribution in [2.75, 3.05) is 13.7 Å². The van der Waals surface area contributed by atoms with Gasteiger partial charge in [0.2, 0.25) is 0 Å².